The SMILES string of the molecule is O=C/C=C/c1ccc(F)cc1C(F)(F)F. The Balaban J connectivity index is 3.26. The molecule has 15 heavy (non-hydrogen) atoms. The van der Waals surface area contributed by atoms with Crippen LogP contribution in [0.4, 0.5) is 17.6 Å². The molecule has 0 amide bonds. The van der Waals surface area contributed by atoms with Crippen LogP contribution in [-0.2, 0) is 11.0 Å². The number of allylic oxidation sites excluding steroid dienone is 1. The molecule has 0 radical (unpaired) electrons. The van der Waals surface area contributed by atoms with Gasteiger partial charge in [-0.25, -0.2) is 4.39 Å². The molecule has 0 aliphatic heterocycles. The largest absolute Gasteiger partial charge is 0.417 e. The lowest BCUT2D eigenvalue weighted by Gasteiger charge is -2.09. The van der Waals surface area contributed by atoms with Crippen LogP contribution < -0.4 is 0 Å². The van der Waals surface area contributed by atoms with Crippen molar-refractivity contribution >= 4 is 12.4 Å². The van der Waals surface area contributed by atoms with E-state index >= 15 is 0 Å². The fraction of sp³-hybridized carbons (Fsp3) is 0.100. The van der Waals surface area contributed by atoms with E-state index in [4.69, 9.17) is 0 Å². The van der Waals surface area contributed by atoms with Gasteiger partial charge in [-0.1, -0.05) is 12.1 Å². The molecular formula is C10H6F4O. The maximum absolute atomic E-state index is 12.6. The van der Waals surface area contributed by atoms with Gasteiger partial charge in [-0.15, -0.1) is 0 Å². The number of benzene rings is 1. The highest BCUT2D eigenvalue weighted by Crippen LogP contribution is 2.32. The van der Waals surface area contributed by atoms with Gasteiger partial charge in [-0.3, -0.25) is 4.79 Å². The first-order valence-electron chi connectivity index (χ1n) is 3.94. The lowest BCUT2D eigenvalue weighted by atomic mass is 10.1. The van der Waals surface area contributed by atoms with E-state index in [0.29, 0.717) is 12.4 Å². The smallest absolute Gasteiger partial charge is 0.299 e. The number of carbonyl (C=O) groups is 1. The van der Waals surface area contributed by atoms with Crippen molar-refractivity contribution in [1.29, 1.82) is 0 Å². The van der Waals surface area contributed by atoms with Gasteiger partial charge in [0, 0.05) is 0 Å². The highest BCUT2D eigenvalue weighted by Gasteiger charge is 2.33. The van der Waals surface area contributed by atoms with Gasteiger partial charge >= 0.3 is 6.18 Å². The molecule has 0 bridgehead atoms. The number of halogens is 4. The molecule has 0 saturated carbocycles. The van der Waals surface area contributed by atoms with Crippen molar-refractivity contribution in [2.75, 3.05) is 0 Å². The van der Waals surface area contributed by atoms with Crippen LogP contribution in [0.1, 0.15) is 11.1 Å². The van der Waals surface area contributed by atoms with Gasteiger partial charge in [0.05, 0.1) is 5.56 Å². The number of rotatable bonds is 2. The average molecular weight is 218 g/mol. The first-order chi connectivity index (χ1) is 6.95. The lowest BCUT2D eigenvalue weighted by Crippen LogP contribution is -2.07. The average Bonchev–Trinajstić information content (AvgIpc) is 2.14. The zero-order valence-corrected chi connectivity index (χ0v) is 7.38. The highest BCUT2D eigenvalue weighted by molar-refractivity contribution is 5.74. The van der Waals surface area contributed by atoms with E-state index in [1.54, 1.807) is 0 Å². The monoisotopic (exact) mass is 218 g/mol. The lowest BCUT2D eigenvalue weighted by molar-refractivity contribution is -0.137. The van der Waals surface area contributed by atoms with Gasteiger partial charge in [0.1, 0.15) is 12.1 Å². The maximum Gasteiger partial charge on any atom is 0.417 e. The van der Waals surface area contributed by atoms with Crippen LogP contribution in [0.2, 0.25) is 0 Å². The highest BCUT2D eigenvalue weighted by atomic mass is 19.4. The van der Waals surface area contributed by atoms with Gasteiger partial charge in [0.2, 0.25) is 0 Å². The second-order valence-electron chi connectivity index (χ2n) is 2.72. The summed E-state index contributed by atoms with van der Waals surface area (Å²) in [5.74, 6) is -0.967. The molecule has 1 rings (SSSR count). The van der Waals surface area contributed by atoms with Crippen LogP contribution in [0.25, 0.3) is 6.08 Å². The first-order valence-corrected chi connectivity index (χ1v) is 3.94. The van der Waals surface area contributed by atoms with Crippen LogP contribution in [0, 0.1) is 5.82 Å². The van der Waals surface area contributed by atoms with Crippen LogP contribution in [0.5, 0.6) is 0 Å². The van der Waals surface area contributed by atoms with E-state index in [0.717, 1.165) is 24.3 Å². The number of carbonyl (C=O) groups excluding carboxylic acids is 1. The molecule has 0 aromatic heterocycles. The molecule has 1 aromatic carbocycles. The Morgan fingerprint density at radius 2 is 1.87 bits per heavy atom. The summed E-state index contributed by atoms with van der Waals surface area (Å²) in [4.78, 5) is 9.96. The van der Waals surface area contributed by atoms with Gasteiger partial charge < -0.3 is 0 Å². The molecule has 0 unspecified atom stereocenters. The Bertz CT molecular complexity index is 393. The van der Waals surface area contributed by atoms with Crippen molar-refractivity contribution in [2.45, 2.75) is 6.18 Å². The van der Waals surface area contributed by atoms with E-state index in [-0.39, 0.29) is 5.56 Å². The van der Waals surface area contributed by atoms with E-state index in [2.05, 4.69) is 0 Å². The Labute approximate surface area is 83.0 Å². The minimum absolute atomic E-state index is 0.240. The predicted molar refractivity (Wildman–Crippen MR) is 46.5 cm³/mol. The summed E-state index contributed by atoms with van der Waals surface area (Å²) in [5.41, 5.74) is -1.34. The molecule has 80 valence electrons. The second-order valence-corrected chi connectivity index (χ2v) is 2.72. The number of aldehydes is 1. The van der Waals surface area contributed by atoms with Gasteiger partial charge in [0.15, 0.2) is 0 Å². The number of alkyl halides is 3. The van der Waals surface area contributed by atoms with Crippen LogP contribution >= 0.6 is 0 Å². The summed E-state index contributed by atoms with van der Waals surface area (Å²) in [6, 6.07) is 2.27. The molecule has 5 heteroatoms. The zero-order valence-electron chi connectivity index (χ0n) is 7.38. The van der Waals surface area contributed by atoms with Crippen molar-refractivity contribution in [3.8, 4) is 0 Å². The Morgan fingerprint density at radius 3 is 2.40 bits per heavy atom. The van der Waals surface area contributed by atoms with Crippen molar-refractivity contribution in [3.63, 3.8) is 0 Å². The molecule has 0 fully saturated rings. The third-order valence-corrected chi connectivity index (χ3v) is 1.68. The Morgan fingerprint density at radius 1 is 1.20 bits per heavy atom. The molecule has 0 aliphatic rings. The normalized spacial score (nSPS) is 12.0. The van der Waals surface area contributed by atoms with Gasteiger partial charge in [0.25, 0.3) is 0 Å². The molecule has 0 spiro atoms. The van der Waals surface area contributed by atoms with Crippen LogP contribution in [0.15, 0.2) is 24.3 Å². The molecule has 0 saturated heterocycles. The number of hydrogen-bond donors (Lipinski definition) is 0. The van der Waals surface area contributed by atoms with Gasteiger partial charge in [-0.05, 0) is 23.8 Å². The molecule has 0 heterocycles. The summed E-state index contributed by atoms with van der Waals surface area (Å²) in [7, 11) is 0. The van der Waals surface area contributed by atoms with E-state index in [9.17, 15) is 22.4 Å². The molecule has 1 aromatic rings. The summed E-state index contributed by atoms with van der Waals surface area (Å²) >= 11 is 0. The summed E-state index contributed by atoms with van der Waals surface area (Å²) in [5, 5.41) is 0. The fourth-order valence-electron chi connectivity index (χ4n) is 1.06. The van der Waals surface area contributed by atoms with Crippen LogP contribution in [-0.4, -0.2) is 6.29 Å². The van der Waals surface area contributed by atoms with Crippen molar-refractivity contribution in [3.05, 3.63) is 41.2 Å². The second kappa shape index (κ2) is 4.25. The third kappa shape index (κ3) is 2.90. The quantitative estimate of drug-likeness (QED) is 0.423. The molecule has 0 atom stereocenters. The Kier molecular flexibility index (Phi) is 3.24. The third-order valence-electron chi connectivity index (χ3n) is 1.68. The van der Waals surface area contributed by atoms with Crippen molar-refractivity contribution in [2.24, 2.45) is 0 Å². The molecule has 1 nitrogen and oxygen atoms in total. The molecule has 0 N–H and O–H groups in total. The molecule has 0 aliphatic carbocycles. The summed E-state index contributed by atoms with van der Waals surface area (Å²) in [6.07, 6.45) is -2.38. The van der Waals surface area contributed by atoms with Gasteiger partial charge in [-0.2, -0.15) is 13.2 Å². The standard InChI is InChI=1S/C10H6F4O/c11-8-4-3-7(2-1-5-15)9(6-8)10(12,13)14/h1-6H/b2-1+. The fourth-order valence-corrected chi connectivity index (χ4v) is 1.06. The maximum atomic E-state index is 12.6. The molecular weight excluding hydrogens is 212 g/mol. The first kappa shape index (κ1) is 11.4. The van der Waals surface area contributed by atoms with E-state index in [1.807, 2.05) is 0 Å². The van der Waals surface area contributed by atoms with E-state index < -0.39 is 17.6 Å². The zero-order chi connectivity index (χ0) is 11.5. The topological polar surface area (TPSA) is 17.1 Å². The summed E-state index contributed by atoms with van der Waals surface area (Å²) < 4.78 is 49.7. The van der Waals surface area contributed by atoms with Crippen molar-refractivity contribution < 1.29 is 22.4 Å². The summed E-state index contributed by atoms with van der Waals surface area (Å²) in [6.45, 7) is 0. The van der Waals surface area contributed by atoms with E-state index in [1.165, 1.54) is 0 Å². The van der Waals surface area contributed by atoms with Crippen molar-refractivity contribution in [1.82, 2.24) is 0 Å². The van der Waals surface area contributed by atoms with Crippen LogP contribution in [0.3, 0.4) is 0 Å². The number of hydrogen-bond acceptors (Lipinski definition) is 1. The Hall–Kier alpha value is -1.65. The predicted octanol–water partition coefficient (Wildman–Crippen LogP) is 3.06. The minimum Gasteiger partial charge on any atom is -0.299 e. The minimum atomic E-state index is -4.63.